The second kappa shape index (κ2) is 6.35. The molecule has 1 aromatic carbocycles. The van der Waals surface area contributed by atoms with Crippen LogP contribution >= 0.6 is 11.8 Å². The lowest BCUT2D eigenvalue weighted by Gasteiger charge is -2.27. The molecule has 116 valence electrons. The van der Waals surface area contributed by atoms with Gasteiger partial charge in [0.2, 0.25) is 0 Å². The SMILES string of the molecule is CN(Cc1ccccc1)S(=O)(=O)NC1(C(=O)O)CCSC1. The zero-order valence-electron chi connectivity index (χ0n) is 11.7. The molecule has 0 aromatic heterocycles. The van der Waals surface area contributed by atoms with Gasteiger partial charge in [-0.3, -0.25) is 4.79 Å². The van der Waals surface area contributed by atoms with Crippen LogP contribution in [0.4, 0.5) is 0 Å². The zero-order valence-corrected chi connectivity index (χ0v) is 13.3. The van der Waals surface area contributed by atoms with Crippen molar-refractivity contribution in [3.05, 3.63) is 35.9 Å². The molecular formula is C13H18N2O4S2. The smallest absolute Gasteiger partial charge is 0.325 e. The Hall–Kier alpha value is -1.09. The molecule has 1 saturated heterocycles. The molecule has 0 spiro atoms. The third-order valence-electron chi connectivity index (χ3n) is 3.41. The van der Waals surface area contributed by atoms with Crippen molar-refractivity contribution in [2.75, 3.05) is 18.6 Å². The summed E-state index contributed by atoms with van der Waals surface area (Å²) in [5.74, 6) is -0.234. The highest BCUT2D eigenvalue weighted by Gasteiger charge is 2.45. The molecule has 1 fully saturated rings. The molecule has 0 saturated carbocycles. The summed E-state index contributed by atoms with van der Waals surface area (Å²) >= 11 is 1.44. The molecule has 2 rings (SSSR count). The van der Waals surface area contributed by atoms with E-state index in [1.807, 2.05) is 30.3 Å². The second-order valence-electron chi connectivity index (χ2n) is 5.04. The highest BCUT2D eigenvalue weighted by molar-refractivity contribution is 7.99. The minimum Gasteiger partial charge on any atom is -0.480 e. The molecule has 0 amide bonds. The Bertz CT molecular complexity index is 598. The highest BCUT2D eigenvalue weighted by atomic mass is 32.2. The first-order valence-corrected chi connectivity index (χ1v) is 9.05. The summed E-state index contributed by atoms with van der Waals surface area (Å²) in [7, 11) is -2.42. The molecule has 1 aliphatic rings. The van der Waals surface area contributed by atoms with Gasteiger partial charge in [-0.15, -0.1) is 0 Å². The van der Waals surface area contributed by atoms with Gasteiger partial charge in [-0.1, -0.05) is 30.3 Å². The van der Waals surface area contributed by atoms with Crippen LogP contribution < -0.4 is 4.72 Å². The fourth-order valence-electron chi connectivity index (χ4n) is 2.11. The Morgan fingerprint density at radius 1 is 1.43 bits per heavy atom. The predicted molar refractivity (Wildman–Crippen MR) is 82.3 cm³/mol. The number of nitrogens with zero attached hydrogens (tertiary/aromatic N) is 1. The first-order chi connectivity index (χ1) is 9.86. The van der Waals surface area contributed by atoms with Crippen LogP contribution in [-0.2, 0) is 21.5 Å². The van der Waals surface area contributed by atoms with Gasteiger partial charge in [-0.2, -0.15) is 29.2 Å². The first-order valence-electron chi connectivity index (χ1n) is 6.46. The molecule has 1 aromatic rings. The van der Waals surface area contributed by atoms with Crippen molar-refractivity contribution in [1.82, 2.24) is 9.03 Å². The molecule has 6 nitrogen and oxygen atoms in total. The van der Waals surface area contributed by atoms with Crippen molar-refractivity contribution in [1.29, 1.82) is 0 Å². The van der Waals surface area contributed by atoms with Crippen molar-refractivity contribution in [3.8, 4) is 0 Å². The Morgan fingerprint density at radius 2 is 2.10 bits per heavy atom. The third-order valence-corrected chi connectivity index (χ3v) is 6.20. The van der Waals surface area contributed by atoms with E-state index in [0.29, 0.717) is 12.2 Å². The Labute approximate surface area is 128 Å². The number of carboxylic acid groups (broad SMARTS) is 1. The number of hydrogen-bond acceptors (Lipinski definition) is 4. The summed E-state index contributed by atoms with van der Waals surface area (Å²) in [6, 6.07) is 9.16. The topological polar surface area (TPSA) is 86.7 Å². The Morgan fingerprint density at radius 3 is 2.62 bits per heavy atom. The monoisotopic (exact) mass is 330 g/mol. The van der Waals surface area contributed by atoms with Crippen molar-refractivity contribution in [3.63, 3.8) is 0 Å². The van der Waals surface area contributed by atoms with E-state index in [1.165, 1.54) is 18.8 Å². The molecule has 0 bridgehead atoms. The van der Waals surface area contributed by atoms with E-state index in [2.05, 4.69) is 4.72 Å². The normalized spacial score (nSPS) is 22.6. The Balaban J connectivity index is 2.12. The molecular weight excluding hydrogens is 312 g/mol. The fourth-order valence-corrected chi connectivity index (χ4v) is 4.76. The Kier molecular flexibility index (Phi) is 4.92. The summed E-state index contributed by atoms with van der Waals surface area (Å²) < 4.78 is 28.2. The molecule has 8 heteroatoms. The van der Waals surface area contributed by atoms with E-state index in [4.69, 9.17) is 0 Å². The van der Waals surface area contributed by atoms with Gasteiger partial charge in [0.1, 0.15) is 5.54 Å². The third kappa shape index (κ3) is 3.76. The van der Waals surface area contributed by atoms with Gasteiger partial charge in [0, 0.05) is 19.3 Å². The van der Waals surface area contributed by atoms with Crippen LogP contribution in [0, 0.1) is 0 Å². The van der Waals surface area contributed by atoms with Crippen molar-refractivity contribution >= 4 is 27.9 Å². The van der Waals surface area contributed by atoms with Crippen LogP contribution in [0.5, 0.6) is 0 Å². The van der Waals surface area contributed by atoms with Crippen LogP contribution in [0.2, 0.25) is 0 Å². The second-order valence-corrected chi connectivity index (χ2v) is 7.92. The summed E-state index contributed by atoms with van der Waals surface area (Å²) in [6.45, 7) is 0.193. The maximum Gasteiger partial charge on any atom is 0.325 e. The largest absolute Gasteiger partial charge is 0.480 e. The number of thioether (sulfide) groups is 1. The summed E-state index contributed by atoms with van der Waals surface area (Å²) in [5.41, 5.74) is -0.551. The fraction of sp³-hybridized carbons (Fsp3) is 0.462. The average Bonchev–Trinajstić information content (AvgIpc) is 2.89. The van der Waals surface area contributed by atoms with Crippen LogP contribution in [0.3, 0.4) is 0 Å². The highest BCUT2D eigenvalue weighted by Crippen LogP contribution is 2.29. The van der Waals surface area contributed by atoms with Gasteiger partial charge in [0.15, 0.2) is 0 Å². The minimum atomic E-state index is -3.86. The molecule has 1 unspecified atom stereocenters. The van der Waals surface area contributed by atoms with E-state index < -0.39 is 21.7 Å². The predicted octanol–water partition coefficient (Wildman–Crippen LogP) is 0.913. The number of aliphatic carboxylic acids is 1. The lowest BCUT2D eigenvalue weighted by molar-refractivity contribution is -0.143. The van der Waals surface area contributed by atoms with Gasteiger partial charge < -0.3 is 5.11 Å². The average molecular weight is 330 g/mol. The molecule has 2 N–H and O–H groups in total. The van der Waals surface area contributed by atoms with E-state index in [0.717, 1.165) is 9.87 Å². The van der Waals surface area contributed by atoms with Crippen molar-refractivity contribution in [2.24, 2.45) is 0 Å². The van der Waals surface area contributed by atoms with Crippen molar-refractivity contribution in [2.45, 2.75) is 18.5 Å². The maximum absolute atomic E-state index is 12.3. The molecule has 21 heavy (non-hydrogen) atoms. The summed E-state index contributed by atoms with van der Waals surface area (Å²) in [4.78, 5) is 11.4. The van der Waals surface area contributed by atoms with Crippen LogP contribution in [0.15, 0.2) is 30.3 Å². The standard InChI is InChI=1S/C13H18N2O4S2/c1-15(9-11-5-3-2-4-6-11)21(18,19)14-13(12(16)17)7-8-20-10-13/h2-6,14H,7-10H2,1H3,(H,16,17). The number of carboxylic acids is 1. The van der Waals surface area contributed by atoms with E-state index in [9.17, 15) is 18.3 Å². The minimum absolute atomic E-state index is 0.193. The lowest BCUT2D eigenvalue weighted by atomic mass is 10.0. The first kappa shape index (κ1) is 16.3. The van der Waals surface area contributed by atoms with Gasteiger partial charge in [-0.25, -0.2) is 0 Å². The van der Waals surface area contributed by atoms with Crippen LogP contribution in [0.25, 0.3) is 0 Å². The van der Waals surface area contributed by atoms with Gasteiger partial charge >= 0.3 is 5.97 Å². The lowest BCUT2D eigenvalue weighted by Crippen LogP contribution is -2.57. The summed E-state index contributed by atoms with van der Waals surface area (Å²) in [6.07, 6.45) is 0.297. The number of carbonyl (C=O) groups is 1. The quantitative estimate of drug-likeness (QED) is 0.810. The molecule has 1 atom stereocenters. The molecule has 0 aliphatic carbocycles. The van der Waals surface area contributed by atoms with E-state index >= 15 is 0 Å². The van der Waals surface area contributed by atoms with Crippen LogP contribution in [-0.4, -0.2) is 47.9 Å². The maximum atomic E-state index is 12.3. The number of hydrogen-bond donors (Lipinski definition) is 2. The number of benzene rings is 1. The number of rotatable bonds is 6. The molecule has 0 radical (unpaired) electrons. The molecule has 1 aliphatic heterocycles. The summed E-state index contributed by atoms with van der Waals surface area (Å²) in [5, 5.41) is 9.34. The molecule has 1 heterocycles. The van der Waals surface area contributed by atoms with E-state index in [-0.39, 0.29) is 12.3 Å². The van der Waals surface area contributed by atoms with Gasteiger partial charge in [0.05, 0.1) is 0 Å². The van der Waals surface area contributed by atoms with Crippen LogP contribution in [0.1, 0.15) is 12.0 Å². The zero-order chi connectivity index (χ0) is 15.5. The van der Waals surface area contributed by atoms with Crippen molar-refractivity contribution < 1.29 is 18.3 Å². The van der Waals surface area contributed by atoms with E-state index in [1.54, 1.807) is 0 Å². The van der Waals surface area contributed by atoms with Gasteiger partial charge in [0.25, 0.3) is 10.2 Å². The van der Waals surface area contributed by atoms with Gasteiger partial charge in [-0.05, 0) is 17.7 Å². The number of nitrogens with one attached hydrogen (secondary N) is 1.